The van der Waals surface area contributed by atoms with Gasteiger partial charge in [0.05, 0.1) is 6.07 Å². The van der Waals surface area contributed by atoms with Crippen LogP contribution in [-0.4, -0.2) is 33.0 Å². The number of nitriles is 1. The smallest absolute Gasteiger partial charge is 0.208 e. The summed E-state index contributed by atoms with van der Waals surface area (Å²) in [5, 5.41) is 19.7. The molecule has 1 aliphatic carbocycles. The maximum atomic E-state index is 8.91. The summed E-state index contributed by atoms with van der Waals surface area (Å²) in [5.74, 6) is 1.51. The number of nitrogens with one attached hydrogen (secondary N) is 2. The summed E-state index contributed by atoms with van der Waals surface area (Å²) in [4.78, 5) is 4.17. The monoisotopic (exact) mass is 223 g/mol. The van der Waals surface area contributed by atoms with E-state index < -0.39 is 0 Å². The molecule has 0 bridgehead atoms. The van der Waals surface area contributed by atoms with E-state index in [0.717, 1.165) is 5.82 Å². The van der Waals surface area contributed by atoms with Crippen molar-refractivity contribution in [2.24, 2.45) is 0 Å². The Kier molecular flexibility index (Phi) is 3.23. The van der Waals surface area contributed by atoms with E-state index in [1.165, 1.54) is 24.6 Å². The van der Waals surface area contributed by atoms with Crippen LogP contribution >= 0.6 is 11.8 Å². The topological polar surface area (TPSA) is 77.4 Å². The molecule has 1 unspecified atom stereocenters. The molecule has 0 saturated heterocycles. The molecule has 0 radical (unpaired) electrons. The zero-order valence-electron chi connectivity index (χ0n) is 8.53. The number of aryl methyl sites for hydroxylation is 1. The highest BCUT2D eigenvalue weighted by atomic mass is 32.2. The van der Waals surface area contributed by atoms with Crippen LogP contribution in [0.4, 0.5) is 0 Å². The van der Waals surface area contributed by atoms with Crippen LogP contribution in [0.25, 0.3) is 0 Å². The van der Waals surface area contributed by atoms with Crippen LogP contribution < -0.4 is 5.32 Å². The Labute approximate surface area is 92.7 Å². The number of thioether (sulfide) groups is 1. The van der Waals surface area contributed by atoms with E-state index in [9.17, 15) is 0 Å². The Morgan fingerprint density at radius 3 is 3.07 bits per heavy atom. The van der Waals surface area contributed by atoms with Gasteiger partial charge >= 0.3 is 0 Å². The molecule has 1 fully saturated rings. The molecular formula is C9H13N5S. The molecule has 1 aliphatic rings. The first-order valence-electron chi connectivity index (χ1n) is 4.95. The van der Waals surface area contributed by atoms with Crippen LogP contribution in [0.1, 0.15) is 18.7 Å². The van der Waals surface area contributed by atoms with Gasteiger partial charge in [-0.2, -0.15) is 5.26 Å². The zero-order chi connectivity index (χ0) is 10.7. The fourth-order valence-corrected chi connectivity index (χ4v) is 2.00. The Morgan fingerprint density at radius 2 is 2.53 bits per heavy atom. The average molecular weight is 223 g/mol. The minimum Gasteiger partial charge on any atom is -0.298 e. The first kappa shape index (κ1) is 10.5. The molecule has 0 amide bonds. The molecule has 15 heavy (non-hydrogen) atoms. The van der Waals surface area contributed by atoms with Crippen molar-refractivity contribution in [2.75, 3.05) is 5.75 Å². The normalized spacial score (nSPS) is 17.3. The minimum atomic E-state index is -0.0960. The molecule has 80 valence electrons. The van der Waals surface area contributed by atoms with E-state index in [0.29, 0.717) is 17.0 Å². The summed E-state index contributed by atoms with van der Waals surface area (Å²) in [6.07, 6.45) is 2.39. The summed E-state index contributed by atoms with van der Waals surface area (Å²) in [6.45, 7) is 1.86. The van der Waals surface area contributed by atoms with E-state index in [1.807, 2.05) is 6.92 Å². The van der Waals surface area contributed by atoms with Crippen molar-refractivity contribution in [1.82, 2.24) is 20.5 Å². The molecule has 1 aromatic rings. The lowest BCUT2D eigenvalue weighted by Crippen LogP contribution is -2.31. The van der Waals surface area contributed by atoms with Gasteiger partial charge in [0.1, 0.15) is 11.9 Å². The Balaban J connectivity index is 1.77. The summed E-state index contributed by atoms with van der Waals surface area (Å²) in [5.41, 5.74) is 0. The van der Waals surface area contributed by atoms with Crippen LogP contribution in [-0.2, 0) is 0 Å². The Bertz CT molecular complexity index is 365. The number of aromatic amines is 1. The number of aromatic nitrogens is 3. The molecular weight excluding hydrogens is 210 g/mol. The van der Waals surface area contributed by atoms with E-state index in [4.69, 9.17) is 5.26 Å². The molecule has 1 saturated carbocycles. The molecule has 0 aliphatic heterocycles. The molecule has 1 aromatic heterocycles. The van der Waals surface area contributed by atoms with Gasteiger partial charge in [0.25, 0.3) is 0 Å². The summed E-state index contributed by atoms with van der Waals surface area (Å²) in [7, 11) is 0. The van der Waals surface area contributed by atoms with Gasteiger partial charge in [-0.1, -0.05) is 11.8 Å². The van der Waals surface area contributed by atoms with Gasteiger partial charge in [-0.05, 0) is 19.8 Å². The zero-order valence-corrected chi connectivity index (χ0v) is 9.34. The highest BCUT2D eigenvalue weighted by Crippen LogP contribution is 2.21. The number of rotatable bonds is 5. The van der Waals surface area contributed by atoms with Gasteiger partial charge in [0, 0.05) is 11.8 Å². The number of nitrogens with zero attached hydrogens (tertiary/aromatic N) is 3. The molecule has 2 rings (SSSR count). The quantitative estimate of drug-likeness (QED) is 0.724. The van der Waals surface area contributed by atoms with Crippen LogP contribution in [0.5, 0.6) is 0 Å². The maximum Gasteiger partial charge on any atom is 0.208 e. The van der Waals surface area contributed by atoms with Crippen molar-refractivity contribution < 1.29 is 0 Å². The summed E-state index contributed by atoms with van der Waals surface area (Å²) in [6, 6.07) is 2.72. The average Bonchev–Trinajstić information content (AvgIpc) is 2.95. The summed E-state index contributed by atoms with van der Waals surface area (Å²) < 4.78 is 0. The van der Waals surface area contributed by atoms with Crippen LogP contribution in [0, 0.1) is 18.3 Å². The predicted molar refractivity (Wildman–Crippen MR) is 57.4 cm³/mol. The van der Waals surface area contributed by atoms with Gasteiger partial charge in [-0.3, -0.25) is 10.4 Å². The van der Waals surface area contributed by atoms with Crippen LogP contribution in [0.3, 0.4) is 0 Å². The molecule has 1 heterocycles. The van der Waals surface area contributed by atoms with E-state index in [-0.39, 0.29) is 6.04 Å². The van der Waals surface area contributed by atoms with E-state index in [1.54, 1.807) is 0 Å². The molecule has 0 spiro atoms. The Hall–Kier alpha value is -1.06. The molecule has 2 N–H and O–H groups in total. The molecule has 0 aromatic carbocycles. The highest BCUT2D eigenvalue weighted by molar-refractivity contribution is 7.99. The van der Waals surface area contributed by atoms with E-state index in [2.05, 4.69) is 26.6 Å². The second-order valence-corrected chi connectivity index (χ2v) is 4.62. The van der Waals surface area contributed by atoms with Gasteiger partial charge < -0.3 is 0 Å². The first-order chi connectivity index (χ1) is 7.28. The van der Waals surface area contributed by atoms with Crippen molar-refractivity contribution in [1.29, 1.82) is 5.26 Å². The summed E-state index contributed by atoms with van der Waals surface area (Å²) >= 11 is 1.51. The lowest BCUT2D eigenvalue weighted by Gasteiger charge is -2.07. The van der Waals surface area contributed by atoms with Crippen molar-refractivity contribution in [2.45, 2.75) is 37.0 Å². The highest BCUT2D eigenvalue weighted by Gasteiger charge is 2.24. The Morgan fingerprint density at radius 1 is 1.73 bits per heavy atom. The van der Waals surface area contributed by atoms with Crippen LogP contribution in [0.2, 0.25) is 0 Å². The van der Waals surface area contributed by atoms with Crippen LogP contribution in [0.15, 0.2) is 5.16 Å². The molecule has 6 heteroatoms. The largest absolute Gasteiger partial charge is 0.298 e. The third-order valence-electron chi connectivity index (χ3n) is 2.13. The second-order valence-electron chi connectivity index (χ2n) is 3.64. The van der Waals surface area contributed by atoms with Gasteiger partial charge in [-0.25, -0.2) is 4.98 Å². The SMILES string of the molecule is Cc1nc(SCC(C#N)NC2CC2)n[nH]1. The standard InChI is InChI=1S/C9H13N5S/c1-6-11-9(14-13-6)15-5-8(4-10)12-7-2-3-7/h7-8,12H,2-3,5H2,1H3,(H,11,13,14). The fraction of sp³-hybridized carbons (Fsp3) is 0.667. The van der Waals surface area contributed by atoms with Gasteiger partial charge in [0.2, 0.25) is 5.16 Å². The number of hydrogen-bond donors (Lipinski definition) is 2. The minimum absolute atomic E-state index is 0.0960. The number of H-pyrrole nitrogens is 1. The first-order valence-corrected chi connectivity index (χ1v) is 5.94. The van der Waals surface area contributed by atoms with Crippen molar-refractivity contribution in [3.63, 3.8) is 0 Å². The predicted octanol–water partition coefficient (Wildman–Crippen LogP) is 0.849. The fourth-order valence-electron chi connectivity index (χ4n) is 1.20. The maximum absolute atomic E-state index is 8.91. The van der Waals surface area contributed by atoms with Crippen molar-refractivity contribution >= 4 is 11.8 Å². The van der Waals surface area contributed by atoms with Crippen molar-refractivity contribution in [3.8, 4) is 6.07 Å². The van der Waals surface area contributed by atoms with E-state index >= 15 is 0 Å². The lowest BCUT2D eigenvalue weighted by molar-refractivity contribution is 0.643. The third-order valence-corrected chi connectivity index (χ3v) is 3.07. The molecule has 1 atom stereocenters. The van der Waals surface area contributed by atoms with Gasteiger partial charge in [0.15, 0.2) is 0 Å². The third kappa shape index (κ3) is 3.22. The molecule has 5 nitrogen and oxygen atoms in total. The lowest BCUT2D eigenvalue weighted by atomic mass is 10.4. The van der Waals surface area contributed by atoms with Crippen molar-refractivity contribution in [3.05, 3.63) is 5.82 Å². The van der Waals surface area contributed by atoms with Gasteiger partial charge in [-0.15, -0.1) is 5.10 Å². The second kappa shape index (κ2) is 4.64. The number of hydrogen-bond acceptors (Lipinski definition) is 5.